The predicted molar refractivity (Wildman–Crippen MR) is 75.7 cm³/mol. The Morgan fingerprint density at radius 1 is 1.50 bits per heavy atom. The van der Waals surface area contributed by atoms with E-state index in [0.29, 0.717) is 19.0 Å². The quantitative estimate of drug-likeness (QED) is 0.808. The van der Waals surface area contributed by atoms with Crippen LogP contribution in [0.2, 0.25) is 0 Å². The minimum Gasteiger partial charge on any atom is -0.391 e. The fraction of sp³-hybridized carbons (Fsp3) is 0.769. The molecule has 2 rings (SSSR count). The Morgan fingerprint density at radius 3 is 2.78 bits per heavy atom. The molecule has 1 atom stereocenters. The SMILES string of the molecule is CCc1nn(CC)c(CC(O)CNC2CC2)c1Br. The third-order valence-corrected chi connectivity index (χ3v) is 4.26. The van der Waals surface area contributed by atoms with Gasteiger partial charge in [-0.2, -0.15) is 5.10 Å². The molecule has 0 aromatic carbocycles. The highest BCUT2D eigenvalue weighted by Gasteiger charge is 2.22. The molecule has 0 bridgehead atoms. The second-order valence-corrected chi connectivity index (χ2v) is 5.71. The number of hydrogen-bond donors (Lipinski definition) is 2. The van der Waals surface area contributed by atoms with Gasteiger partial charge in [0.15, 0.2) is 0 Å². The highest BCUT2D eigenvalue weighted by molar-refractivity contribution is 9.10. The summed E-state index contributed by atoms with van der Waals surface area (Å²) in [7, 11) is 0. The van der Waals surface area contributed by atoms with E-state index in [-0.39, 0.29) is 6.10 Å². The third-order valence-electron chi connectivity index (χ3n) is 3.34. The van der Waals surface area contributed by atoms with Gasteiger partial charge in [-0.1, -0.05) is 6.92 Å². The highest BCUT2D eigenvalue weighted by Crippen LogP contribution is 2.24. The van der Waals surface area contributed by atoms with E-state index in [4.69, 9.17) is 0 Å². The molecule has 1 aliphatic carbocycles. The fourth-order valence-electron chi connectivity index (χ4n) is 2.10. The molecular formula is C13H22BrN3O. The van der Waals surface area contributed by atoms with Gasteiger partial charge in [-0.05, 0) is 42.1 Å². The Labute approximate surface area is 117 Å². The van der Waals surface area contributed by atoms with Crippen LogP contribution in [0.5, 0.6) is 0 Å². The van der Waals surface area contributed by atoms with Gasteiger partial charge in [0.2, 0.25) is 0 Å². The molecule has 18 heavy (non-hydrogen) atoms. The van der Waals surface area contributed by atoms with Crippen molar-refractivity contribution in [1.29, 1.82) is 0 Å². The fourth-order valence-corrected chi connectivity index (χ4v) is 2.82. The number of aliphatic hydroxyl groups excluding tert-OH is 1. The largest absolute Gasteiger partial charge is 0.391 e. The molecule has 1 aromatic rings. The standard InChI is InChI=1S/C13H22BrN3O/c1-3-11-13(14)12(17(4-2)16-11)7-10(18)8-15-9-5-6-9/h9-10,15,18H,3-8H2,1-2H3. The molecule has 2 N–H and O–H groups in total. The molecule has 0 saturated heterocycles. The molecule has 4 nitrogen and oxygen atoms in total. The van der Waals surface area contributed by atoms with Crippen LogP contribution >= 0.6 is 15.9 Å². The maximum absolute atomic E-state index is 10.1. The van der Waals surface area contributed by atoms with Gasteiger partial charge in [0.25, 0.3) is 0 Å². The van der Waals surface area contributed by atoms with Crippen molar-refractivity contribution < 1.29 is 5.11 Å². The molecule has 5 heteroatoms. The number of aliphatic hydroxyl groups is 1. The van der Waals surface area contributed by atoms with Crippen LogP contribution in [0.15, 0.2) is 4.47 Å². The van der Waals surface area contributed by atoms with Gasteiger partial charge in [-0.15, -0.1) is 0 Å². The molecule has 0 radical (unpaired) electrons. The van der Waals surface area contributed by atoms with Gasteiger partial charge < -0.3 is 10.4 Å². The van der Waals surface area contributed by atoms with Crippen molar-refractivity contribution in [2.45, 2.75) is 58.2 Å². The van der Waals surface area contributed by atoms with Crippen LogP contribution in [0.4, 0.5) is 0 Å². The monoisotopic (exact) mass is 315 g/mol. The van der Waals surface area contributed by atoms with Gasteiger partial charge in [0.1, 0.15) is 0 Å². The molecule has 0 spiro atoms. The lowest BCUT2D eigenvalue weighted by atomic mass is 10.1. The van der Waals surface area contributed by atoms with Crippen molar-refractivity contribution in [2.24, 2.45) is 0 Å². The Balaban J connectivity index is 1.99. The number of aryl methyl sites for hydroxylation is 2. The van der Waals surface area contributed by atoms with Crippen molar-refractivity contribution >= 4 is 15.9 Å². The molecule has 0 aliphatic heterocycles. The summed E-state index contributed by atoms with van der Waals surface area (Å²) >= 11 is 3.61. The second kappa shape index (κ2) is 6.17. The van der Waals surface area contributed by atoms with E-state index < -0.39 is 0 Å². The van der Waals surface area contributed by atoms with Crippen LogP contribution in [-0.4, -0.2) is 33.6 Å². The molecule has 1 aliphatic rings. The van der Waals surface area contributed by atoms with Crippen LogP contribution in [0, 0.1) is 0 Å². The Bertz CT molecular complexity index is 401. The minimum absolute atomic E-state index is 0.339. The second-order valence-electron chi connectivity index (χ2n) is 4.92. The number of aromatic nitrogens is 2. The zero-order valence-corrected chi connectivity index (χ0v) is 12.7. The van der Waals surface area contributed by atoms with Crippen molar-refractivity contribution in [2.75, 3.05) is 6.54 Å². The maximum atomic E-state index is 10.1. The third kappa shape index (κ3) is 3.33. The topological polar surface area (TPSA) is 50.1 Å². The lowest BCUT2D eigenvalue weighted by molar-refractivity contribution is 0.168. The first-order valence-corrected chi connectivity index (χ1v) is 7.60. The molecule has 0 amide bonds. The molecule has 1 saturated carbocycles. The summed E-state index contributed by atoms with van der Waals surface area (Å²) in [5.41, 5.74) is 2.19. The van der Waals surface area contributed by atoms with Crippen LogP contribution < -0.4 is 5.32 Å². The number of nitrogens with one attached hydrogen (secondary N) is 1. The first-order valence-electron chi connectivity index (χ1n) is 6.81. The molecular weight excluding hydrogens is 294 g/mol. The summed E-state index contributed by atoms with van der Waals surface area (Å²) in [6, 6.07) is 0.644. The van der Waals surface area contributed by atoms with Gasteiger partial charge in [0.05, 0.1) is 22.0 Å². The Morgan fingerprint density at radius 2 is 2.22 bits per heavy atom. The van der Waals surface area contributed by atoms with E-state index in [1.165, 1.54) is 12.8 Å². The summed E-state index contributed by atoms with van der Waals surface area (Å²) in [5, 5.41) is 18.0. The van der Waals surface area contributed by atoms with Crippen LogP contribution in [-0.2, 0) is 19.4 Å². The van der Waals surface area contributed by atoms with E-state index in [0.717, 1.165) is 28.8 Å². The van der Waals surface area contributed by atoms with Gasteiger partial charge in [0, 0.05) is 25.6 Å². The van der Waals surface area contributed by atoms with E-state index in [2.05, 4.69) is 40.2 Å². The first kappa shape index (κ1) is 14.0. The molecule has 1 unspecified atom stereocenters. The lowest BCUT2D eigenvalue weighted by Gasteiger charge is -2.12. The smallest absolute Gasteiger partial charge is 0.0766 e. The molecule has 1 fully saturated rings. The van der Waals surface area contributed by atoms with Crippen molar-refractivity contribution in [3.63, 3.8) is 0 Å². The first-order chi connectivity index (χ1) is 8.65. The summed E-state index contributed by atoms with van der Waals surface area (Å²) in [5.74, 6) is 0. The van der Waals surface area contributed by atoms with Crippen molar-refractivity contribution in [3.8, 4) is 0 Å². The number of halogens is 1. The zero-order chi connectivity index (χ0) is 13.1. The average Bonchev–Trinajstić information content (AvgIpc) is 3.14. The van der Waals surface area contributed by atoms with E-state index in [1.807, 2.05) is 4.68 Å². The normalized spacial score (nSPS) is 17.1. The lowest BCUT2D eigenvalue weighted by Crippen LogP contribution is -2.30. The van der Waals surface area contributed by atoms with Crippen LogP contribution in [0.1, 0.15) is 38.1 Å². The number of rotatable bonds is 7. The Hall–Kier alpha value is -0.390. The summed E-state index contributed by atoms with van der Waals surface area (Å²) in [6.07, 6.45) is 3.73. The van der Waals surface area contributed by atoms with E-state index in [1.54, 1.807) is 0 Å². The van der Waals surface area contributed by atoms with Crippen LogP contribution in [0.3, 0.4) is 0 Å². The van der Waals surface area contributed by atoms with Gasteiger partial charge in [-0.25, -0.2) is 0 Å². The van der Waals surface area contributed by atoms with Gasteiger partial charge in [-0.3, -0.25) is 4.68 Å². The summed E-state index contributed by atoms with van der Waals surface area (Å²) < 4.78 is 3.06. The predicted octanol–water partition coefficient (Wildman–Crippen LogP) is 1.88. The van der Waals surface area contributed by atoms with Crippen LogP contribution in [0.25, 0.3) is 0 Å². The summed E-state index contributed by atoms with van der Waals surface area (Å²) in [6.45, 7) is 5.70. The zero-order valence-electron chi connectivity index (χ0n) is 11.1. The average molecular weight is 316 g/mol. The Kier molecular flexibility index (Phi) is 4.81. The molecule has 1 heterocycles. The van der Waals surface area contributed by atoms with Gasteiger partial charge >= 0.3 is 0 Å². The van der Waals surface area contributed by atoms with E-state index in [9.17, 15) is 5.11 Å². The van der Waals surface area contributed by atoms with E-state index >= 15 is 0 Å². The maximum Gasteiger partial charge on any atom is 0.0766 e. The van der Waals surface area contributed by atoms with Crippen molar-refractivity contribution in [1.82, 2.24) is 15.1 Å². The number of hydrogen-bond acceptors (Lipinski definition) is 3. The summed E-state index contributed by atoms with van der Waals surface area (Å²) in [4.78, 5) is 0. The molecule has 1 aromatic heterocycles. The number of nitrogens with zero attached hydrogens (tertiary/aromatic N) is 2. The van der Waals surface area contributed by atoms with Crippen molar-refractivity contribution in [3.05, 3.63) is 15.9 Å². The minimum atomic E-state index is -0.339. The molecule has 102 valence electrons. The highest BCUT2D eigenvalue weighted by atomic mass is 79.9.